The molecular weight excluding hydrogens is 240 g/mol. The van der Waals surface area contributed by atoms with E-state index < -0.39 is 15.9 Å². The van der Waals surface area contributed by atoms with Gasteiger partial charge in [0.15, 0.2) is 9.84 Å². The van der Waals surface area contributed by atoms with Crippen molar-refractivity contribution in [2.45, 2.75) is 32.4 Å². The molecule has 1 aromatic rings. The minimum absolute atomic E-state index is 0.0667. The summed E-state index contributed by atoms with van der Waals surface area (Å²) in [5.41, 5.74) is 0. The van der Waals surface area contributed by atoms with Gasteiger partial charge >= 0.3 is 0 Å². The van der Waals surface area contributed by atoms with E-state index >= 15 is 0 Å². The van der Waals surface area contributed by atoms with E-state index in [1.807, 2.05) is 17.7 Å². The normalized spacial score (nSPS) is 24.9. The quantitative estimate of drug-likeness (QED) is 0.865. The Hall–Kier alpha value is -0.880. The van der Waals surface area contributed by atoms with Gasteiger partial charge in [-0.15, -0.1) is 0 Å². The first kappa shape index (κ1) is 12.6. The second-order valence-corrected chi connectivity index (χ2v) is 6.82. The lowest BCUT2D eigenvalue weighted by atomic mass is 10.0. The third-order valence-corrected chi connectivity index (χ3v) is 5.11. The molecule has 17 heavy (non-hydrogen) atoms. The summed E-state index contributed by atoms with van der Waals surface area (Å²) in [5, 5.41) is 10.1. The zero-order valence-electron chi connectivity index (χ0n) is 9.91. The van der Waals surface area contributed by atoms with Crippen LogP contribution in [0.2, 0.25) is 0 Å². The summed E-state index contributed by atoms with van der Waals surface area (Å²) in [4.78, 5) is 4.13. The fourth-order valence-corrected chi connectivity index (χ4v) is 4.24. The van der Waals surface area contributed by atoms with Crippen molar-refractivity contribution in [2.24, 2.45) is 5.92 Å². The zero-order valence-corrected chi connectivity index (χ0v) is 10.7. The number of imidazole rings is 1. The molecule has 0 spiro atoms. The van der Waals surface area contributed by atoms with E-state index in [1.165, 1.54) is 0 Å². The Morgan fingerprint density at radius 2 is 2.41 bits per heavy atom. The molecule has 0 aromatic carbocycles. The molecule has 1 aromatic heterocycles. The third kappa shape index (κ3) is 2.87. The van der Waals surface area contributed by atoms with Crippen molar-refractivity contribution in [3.8, 4) is 0 Å². The van der Waals surface area contributed by atoms with Crippen molar-refractivity contribution in [2.75, 3.05) is 11.5 Å². The largest absolute Gasteiger partial charge is 0.385 e. The molecule has 6 heteroatoms. The highest BCUT2D eigenvalue weighted by Crippen LogP contribution is 2.28. The molecule has 2 unspecified atom stereocenters. The fourth-order valence-electron chi connectivity index (χ4n) is 2.36. The molecule has 2 rings (SSSR count). The van der Waals surface area contributed by atoms with Crippen LogP contribution in [0, 0.1) is 5.92 Å². The van der Waals surface area contributed by atoms with E-state index in [1.54, 1.807) is 6.20 Å². The van der Waals surface area contributed by atoms with E-state index in [4.69, 9.17) is 0 Å². The van der Waals surface area contributed by atoms with Crippen molar-refractivity contribution in [1.29, 1.82) is 0 Å². The molecule has 1 aliphatic rings. The second kappa shape index (κ2) is 4.78. The van der Waals surface area contributed by atoms with E-state index in [2.05, 4.69) is 4.98 Å². The van der Waals surface area contributed by atoms with Crippen LogP contribution in [0.3, 0.4) is 0 Å². The second-order valence-electron chi connectivity index (χ2n) is 4.59. The van der Waals surface area contributed by atoms with Crippen LogP contribution in [-0.4, -0.2) is 34.6 Å². The average molecular weight is 258 g/mol. The van der Waals surface area contributed by atoms with E-state index in [-0.39, 0.29) is 17.4 Å². The summed E-state index contributed by atoms with van der Waals surface area (Å²) >= 11 is 0. The first-order valence-corrected chi connectivity index (χ1v) is 7.73. The van der Waals surface area contributed by atoms with Crippen LogP contribution in [0.25, 0.3) is 0 Å². The smallest absolute Gasteiger partial charge is 0.150 e. The first-order chi connectivity index (χ1) is 8.02. The molecule has 5 nitrogen and oxygen atoms in total. The fraction of sp³-hybridized carbons (Fsp3) is 0.727. The Kier molecular flexibility index (Phi) is 3.53. The van der Waals surface area contributed by atoms with Gasteiger partial charge in [0.1, 0.15) is 11.9 Å². The number of nitrogens with zero attached hydrogens (tertiary/aromatic N) is 2. The molecule has 0 saturated carbocycles. The van der Waals surface area contributed by atoms with Gasteiger partial charge in [-0.3, -0.25) is 0 Å². The van der Waals surface area contributed by atoms with Gasteiger partial charge in [-0.05, 0) is 25.7 Å². The zero-order chi connectivity index (χ0) is 12.5. The van der Waals surface area contributed by atoms with Gasteiger partial charge in [-0.2, -0.15) is 0 Å². The van der Waals surface area contributed by atoms with Crippen LogP contribution in [-0.2, 0) is 16.4 Å². The highest BCUT2D eigenvalue weighted by Gasteiger charge is 2.30. The van der Waals surface area contributed by atoms with Gasteiger partial charge in [0, 0.05) is 18.9 Å². The monoisotopic (exact) mass is 258 g/mol. The number of sulfone groups is 1. The predicted molar refractivity (Wildman–Crippen MR) is 64.2 cm³/mol. The van der Waals surface area contributed by atoms with E-state index in [0.717, 1.165) is 6.54 Å². The van der Waals surface area contributed by atoms with Crippen molar-refractivity contribution in [3.63, 3.8) is 0 Å². The van der Waals surface area contributed by atoms with Gasteiger partial charge < -0.3 is 9.67 Å². The number of aliphatic hydroxyl groups is 1. The van der Waals surface area contributed by atoms with Crippen LogP contribution in [0.15, 0.2) is 12.4 Å². The Morgan fingerprint density at radius 1 is 1.65 bits per heavy atom. The lowest BCUT2D eigenvalue weighted by Gasteiger charge is -2.15. The molecule has 1 saturated heterocycles. The maximum absolute atomic E-state index is 11.3. The summed E-state index contributed by atoms with van der Waals surface area (Å²) in [6, 6.07) is 0. The topological polar surface area (TPSA) is 72.2 Å². The molecule has 1 N–H and O–H groups in total. The van der Waals surface area contributed by atoms with Crippen molar-refractivity contribution in [1.82, 2.24) is 9.55 Å². The molecule has 96 valence electrons. The summed E-state index contributed by atoms with van der Waals surface area (Å²) in [6.07, 6.45) is 3.96. The lowest BCUT2D eigenvalue weighted by Crippen LogP contribution is -2.13. The van der Waals surface area contributed by atoms with Gasteiger partial charge in [0.05, 0.1) is 11.5 Å². The maximum Gasteiger partial charge on any atom is 0.150 e. The highest BCUT2D eigenvalue weighted by atomic mass is 32.2. The molecule has 0 bridgehead atoms. The summed E-state index contributed by atoms with van der Waals surface area (Å²) in [6.45, 7) is 2.74. The predicted octanol–water partition coefficient (Wildman–Crippen LogP) is 0.761. The van der Waals surface area contributed by atoms with Gasteiger partial charge in [-0.1, -0.05) is 0 Å². The molecule has 1 aliphatic heterocycles. The van der Waals surface area contributed by atoms with Crippen LogP contribution in [0.1, 0.15) is 31.7 Å². The van der Waals surface area contributed by atoms with Crippen LogP contribution in [0.4, 0.5) is 0 Å². The van der Waals surface area contributed by atoms with Crippen molar-refractivity contribution in [3.05, 3.63) is 18.2 Å². The number of aliphatic hydroxyl groups excluding tert-OH is 1. The number of aryl methyl sites for hydroxylation is 1. The molecule has 2 atom stereocenters. The minimum atomic E-state index is -2.86. The van der Waals surface area contributed by atoms with Crippen molar-refractivity contribution < 1.29 is 13.5 Å². The highest BCUT2D eigenvalue weighted by molar-refractivity contribution is 7.91. The molecular formula is C11H18N2O3S. The van der Waals surface area contributed by atoms with Gasteiger partial charge in [0.2, 0.25) is 0 Å². The molecule has 0 aliphatic carbocycles. The number of hydrogen-bond acceptors (Lipinski definition) is 4. The molecule has 1 fully saturated rings. The van der Waals surface area contributed by atoms with E-state index in [9.17, 15) is 13.5 Å². The van der Waals surface area contributed by atoms with Crippen LogP contribution < -0.4 is 0 Å². The Balaban J connectivity index is 2.00. The number of rotatable bonds is 4. The minimum Gasteiger partial charge on any atom is -0.385 e. The van der Waals surface area contributed by atoms with Crippen molar-refractivity contribution >= 4 is 9.84 Å². The third-order valence-electron chi connectivity index (χ3n) is 3.27. The lowest BCUT2D eigenvalue weighted by molar-refractivity contribution is 0.135. The molecule has 0 amide bonds. The summed E-state index contributed by atoms with van der Waals surface area (Å²) in [7, 11) is -2.86. The van der Waals surface area contributed by atoms with Gasteiger partial charge in [0.25, 0.3) is 0 Å². The number of hydrogen-bond donors (Lipinski definition) is 1. The number of aromatic nitrogens is 2. The molecule has 2 heterocycles. The summed E-state index contributed by atoms with van der Waals surface area (Å²) < 4.78 is 24.5. The average Bonchev–Trinajstić information content (AvgIpc) is 2.84. The van der Waals surface area contributed by atoms with E-state index in [0.29, 0.717) is 18.7 Å². The Labute approximate surface area is 101 Å². The Morgan fingerprint density at radius 3 is 3.00 bits per heavy atom. The SMILES string of the molecule is CCn1ccnc1C(O)CC1CCS(=O)(=O)C1. The van der Waals surface area contributed by atoms with Crippen LogP contribution in [0.5, 0.6) is 0 Å². The first-order valence-electron chi connectivity index (χ1n) is 5.91. The molecule has 0 radical (unpaired) electrons. The summed E-state index contributed by atoms with van der Waals surface area (Å²) in [5.74, 6) is 1.16. The van der Waals surface area contributed by atoms with Crippen LogP contribution >= 0.6 is 0 Å². The van der Waals surface area contributed by atoms with Gasteiger partial charge in [-0.25, -0.2) is 13.4 Å². The standard InChI is InChI=1S/C11H18N2O3S/c1-2-13-5-4-12-11(13)10(14)7-9-3-6-17(15,16)8-9/h4-5,9-10,14H,2-3,6-8H2,1H3. The maximum atomic E-state index is 11.3. The Bertz CT molecular complexity index is 481.